The molecule has 0 fully saturated rings. The largest absolute Gasteiger partial charge is 0.501 e. The molecule has 0 amide bonds. The van der Waals surface area contributed by atoms with Crippen LogP contribution in [0.5, 0.6) is 0 Å². The van der Waals surface area contributed by atoms with Gasteiger partial charge in [-0.25, -0.2) is 0 Å². The van der Waals surface area contributed by atoms with Crippen LogP contribution in [0.3, 0.4) is 0 Å². The van der Waals surface area contributed by atoms with Gasteiger partial charge in [-0.3, -0.25) is 4.79 Å². The van der Waals surface area contributed by atoms with Crippen molar-refractivity contribution in [1.29, 1.82) is 0 Å². The molecule has 0 aromatic carbocycles. The Morgan fingerprint density at radius 3 is 2.67 bits per heavy atom. The van der Waals surface area contributed by atoms with E-state index in [0.717, 1.165) is 42.8 Å². The smallest absolute Gasteiger partial charge is 0.311 e. The molecule has 3 heteroatoms. The van der Waals surface area contributed by atoms with Crippen LogP contribution < -0.4 is 0 Å². The first kappa shape index (κ1) is 12.9. The van der Waals surface area contributed by atoms with Crippen LogP contribution in [0.4, 0.5) is 0 Å². The van der Waals surface area contributed by atoms with E-state index in [4.69, 9.17) is 9.47 Å². The number of hydrogen-bond donors (Lipinski definition) is 0. The van der Waals surface area contributed by atoms with E-state index in [1.165, 1.54) is 11.1 Å². The van der Waals surface area contributed by atoms with Gasteiger partial charge in [0.15, 0.2) is 0 Å². The SMILES string of the molecule is COC1=C(CC=C(C)C)C2=C(CCC(=O)O2)CC1. The number of hydrogen-bond acceptors (Lipinski definition) is 3. The lowest BCUT2D eigenvalue weighted by molar-refractivity contribution is -0.140. The molecule has 1 aliphatic carbocycles. The third-order valence-corrected chi connectivity index (χ3v) is 3.39. The molecule has 2 aliphatic rings. The zero-order valence-corrected chi connectivity index (χ0v) is 11.3. The second-order valence-electron chi connectivity index (χ2n) is 5.00. The standard InChI is InChI=1S/C15H20O3/c1-10(2)4-7-12-13(17-3)8-5-11-6-9-14(16)18-15(11)12/h4H,5-9H2,1-3H3. The summed E-state index contributed by atoms with van der Waals surface area (Å²) in [5, 5.41) is 0. The van der Waals surface area contributed by atoms with Crippen LogP contribution in [0.2, 0.25) is 0 Å². The highest BCUT2D eigenvalue weighted by Crippen LogP contribution is 2.38. The normalized spacial score (nSPS) is 19.4. The molecule has 3 nitrogen and oxygen atoms in total. The molecule has 1 heterocycles. The van der Waals surface area contributed by atoms with Crippen molar-refractivity contribution in [3.8, 4) is 0 Å². The van der Waals surface area contributed by atoms with Crippen molar-refractivity contribution in [3.63, 3.8) is 0 Å². The van der Waals surface area contributed by atoms with Crippen molar-refractivity contribution < 1.29 is 14.3 Å². The molecule has 1 aliphatic heterocycles. The molecule has 0 saturated carbocycles. The van der Waals surface area contributed by atoms with E-state index in [2.05, 4.69) is 19.9 Å². The van der Waals surface area contributed by atoms with Gasteiger partial charge in [0, 0.05) is 18.4 Å². The summed E-state index contributed by atoms with van der Waals surface area (Å²) in [6.45, 7) is 4.13. The second-order valence-corrected chi connectivity index (χ2v) is 5.00. The quantitative estimate of drug-likeness (QED) is 0.565. The fraction of sp³-hybridized carbons (Fsp3) is 0.533. The van der Waals surface area contributed by atoms with E-state index in [1.807, 2.05) is 0 Å². The van der Waals surface area contributed by atoms with Crippen molar-refractivity contribution in [2.24, 2.45) is 0 Å². The summed E-state index contributed by atoms with van der Waals surface area (Å²) < 4.78 is 10.9. The average molecular weight is 248 g/mol. The van der Waals surface area contributed by atoms with Crippen LogP contribution in [-0.4, -0.2) is 13.1 Å². The molecule has 0 atom stereocenters. The summed E-state index contributed by atoms with van der Waals surface area (Å²) in [6.07, 6.45) is 6.13. The summed E-state index contributed by atoms with van der Waals surface area (Å²) >= 11 is 0. The lowest BCUT2D eigenvalue weighted by atomic mass is 9.89. The molecule has 18 heavy (non-hydrogen) atoms. The molecular weight excluding hydrogens is 228 g/mol. The maximum atomic E-state index is 11.5. The number of methoxy groups -OCH3 is 1. The Hall–Kier alpha value is -1.51. The lowest BCUT2D eigenvalue weighted by Crippen LogP contribution is -2.18. The Bertz CT molecular complexity index is 448. The Labute approximate surface area is 108 Å². The van der Waals surface area contributed by atoms with Gasteiger partial charge in [-0.2, -0.15) is 0 Å². The molecule has 0 aromatic rings. The third kappa shape index (κ3) is 2.66. The van der Waals surface area contributed by atoms with Crippen LogP contribution >= 0.6 is 0 Å². The molecule has 0 aromatic heterocycles. The summed E-state index contributed by atoms with van der Waals surface area (Å²) in [6, 6.07) is 0. The minimum Gasteiger partial charge on any atom is -0.501 e. The highest BCUT2D eigenvalue weighted by Gasteiger charge is 2.28. The fourth-order valence-corrected chi connectivity index (χ4v) is 2.40. The van der Waals surface area contributed by atoms with E-state index in [9.17, 15) is 4.79 Å². The maximum absolute atomic E-state index is 11.5. The number of rotatable bonds is 3. The van der Waals surface area contributed by atoms with E-state index < -0.39 is 0 Å². The topological polar surface area (TPSA) is 35.5 Å². The molecule has 2 rings (SSSR count). The number of carbonyl (C=O) groups is 1. The van der Waals surface area contributed by atoms with Crippen molar-refractivity contribution >= 4 is 5.97 Å². The molecule has 0 N–H and O–H groups in total. The van der Waals surface area contributed by atoms with Crippen molar-refractivity contribution in [2.75, 3.05) is 7.11 Å². The first-order valence-corrected chi connectivity index (χ1v) is 6.44. The fourth-order valence-electron chi connectivity index (χ4n) is 2.40. The highest BCUT2D eigenvalue weighted by molar-refractivity contribution is 5.73. The van der Waals surface area contributed by atoms with Gasteiger partial charge in [0.25, 0.3) is 0 Å². The molecular formula is C15H20O3. The van der Waals surface area contributed by atoms with E-state index in [1.54, 1.807) is 7.11 Å². The van der Waals surface area contributed by atoms with Gasteiger partial charge in [-0.1, -0.05) is 11.6 Å². The minimum atomic E-state index is -0.124. The zero-order valence-electron chi connectivity index (χ0n) is 11.3. The molecule has 0 bridgehead atoms. The second kappa shape index (κ2) is 5.42. The Morgan fingerprint density at radius 2 is 2.00 bits per heavy atom. The van der Waals surface area contributed by atoms with Crippen LogP contribution in [0.1, 0.15) is 46.0 Å². The summed E-state index contributed by atoms with van der Waals surface area (Å²) in [5.74, 6) is 1.62. The zero-order chi connectivity index (χ0) is 13.1. The van der Waals surface area contributed by atoms with Crippen LogP contribution in [-0.2, 0) is 14.3 Å². The summed E-state index contributed by atoms with van der Waals surface area (Å²) in [4.78, 5) is 11.5. The predicted molar refractivity (Wildman–Crippen MR) is 69.7 cm³/mol. The van der Waals surface area contributed by atoms with Gasteiger partial charge in [0.2, 0.25) is 0 Å². The monoisotopic (exact) mass is 248 g/mol. The number of esters is 1. The highest BCUT2D eigenvalue weighted by atomic mass is 16.5. The van der Waals surface area contributed by atoms with Crippen molar-refractivity contribution in [1.82, 2.24) is 0 Å². The van der Waals surface area contributed by atoms with Gasteiger partial charge >= 0.3 is 5.97 Å². The maximum Gasteiger partial charge on any atom is 0.311 e. The number of allylic oxidation sites excluding steroid dienone is 5. The molecule has 0 unspecified atom stereocenters. The average Bonchev–Trinajstić information content (AvgIpc) is 2.35. The summed E-state index contributed by atoms with van der Waals surface area (Å²) in [5.41, 5.74) is 3.58. The van der Waals surface area contributed by atoms with Gasteiger partial charge in [-0.15, -0.1) is 0 Å². The van der Waals surface area contributed by atoms with E-state index >= 15 is 0 Å². The van der Waals surface area contributed by atoms with Gasteiger partial charge in [-0.05, 0) is 38.7 Å². The first-order valence-electron chi connectivity index (χ1n) is 6.44. The van der Waals surface area contributed by atoms with E-state index in [-0.39, 0.29) is 5.97 Å². The molecule has 0 saturated heterocycles. The van der Waals surface area contributed by atoms with Gasteiger partial charge < -0.3 is 9.47 Å². The van der Waals surface area contributed by atoms with Crippen molar-refractivity contribution in [3.05, 3.63) is 34.3 Å². The Kier molecular flexibility index (Phi) is 3.90. The predicted octanol–water partition coefficient (Wildman–Crippen LogP) is 3.63. The lowest BCUT2D eigenvalue weighted by Gasteiger charge is -2.27. The van der Waals surface area contributed by atoms with E-state index in [0.29, 0.717) is 6.42 Å². The van der Waals surface area contributed by atoms with Gasteiger partial charge in [0.1, 0.15) is 11.5 Å². The van der Waals surface area contributed by atoms with Crippen molar-refractivity contribution in [2.45, 2.75) is 46.0 Å². The van der Waals surface area contributed by atoms with Crippen LogP contribution in [0.15, 0.2) is 34.3 Å². The Balaban J connectivity index is 2.34. The third-order valence-electron chi connectivity index (χ3n) is 3.39. The molecule has 0 spiro atoms. The minimum absolute atomic E-state index is 0.124. The van der Waals surface area contributed by atoms with Crippen LogP contribution in [0, 0.1) is 0 Å². The Morgan fingerprint density at radius 1 is 1.28 bits per heavy atom. The molecule has 0 radical (unpaired) electrons. The van der Waals surface area contributed by atoms with Gasteiger partial charge in [0.05, 0.1) is 7.11 Å². The van der Waals surface area contributed by atoms with Crippen LogP contribution in [0.25, 0.3) is 0 Å². The summed E-state index contributed by atoms with van der Waals surface area (Å²) in [7, 11) is 1.69. The molecule has 98 valence electrons. The number of carbonyl (C=O) groups excluding carboxylic acids is 1. The number of ether oxygens (including phenoxy) is 2. The first-order chi connectivity index (χ1) is 8.61.